The minimum atomic E-state index is -0.925. The van der Waals surface area contributed by atoms with Gasteiger partial charge in [-0.05, 0) is 101 Å². The molecule has 0 radical (unpaired) electrons. The van der Waals surface area contributed by atoms with E-state index in [0.29, 0.717) is 17.8 Å². The second-order valence-corrected chi connectivity index (χ2v) is 9.63. The molecule has 2 N–H and O–H groups in total. The summed E-state index contributed by atoms with van der Waals surface area (Å²) >= 11 is 0. The smallest absolute Gasteiger partial charge is 0.263 e. The van der Waals surface area contributed by atoms with Crippen molar-refractivity contribution in [2.24, 2.45) is 17.8 Å². The summed E-state index contributed by atoms with van der Waals surface area (Å²) < 4.78 is 6.08. The number of benzene rings is 1. The normalized spacial score (nSPS) is 35.4. The summed E-state index contributed by atoms with van der Waals surface area (Å²) in [7, 11) is 0. The van der Waals surface area contributed by atoms with Crippen LogP contribution < -0.4 is 10.1 Å². The van der Waals surface area contributed by atoms with E-state index in [4.69, 9.17) is 4.74 Å². The molecule has 0 aromatic heterocycles. The third kappa shape index (κ3) is 3.24. The summed E-state index contributed by atoms with van der Waals surface area (Å²) in [6, 6.07) is 6.22. The molecule has 26 heavy (non-hydrogen) atoms. The molecular weight excluding hydrogens is 326 g/mol. The van der Waals surface area contributed by atoms with Crippen molar-refractivity contribution in [3.05, 3.63) is 29.3 Å². The predicted molar refractivity (Wildman–Crippen MR) is 101 cm³/mol. The number of rotatable bonds is 4. The van der Waals surface area contributed by atoms with Gasteiger partial charge in [-0.2, -0.15) is 0 Å². The molecule has 142 valence electrons. The van der Waals surface area contributed by atoms with Gasteiger partial charge >= 0.3 is 0 Å². The van der Waals surface area contributed by atoms with Crippen molar-refractivity contribution in [3.63, 3.8) is 0 Å². The van der Waals surface area contributed by atoms with Crippen LogP contribution >= 0.6 is 0 Å². The minimum absolute atomic E-state index is 0.0545. The Labute approximate surface area is 156 Å². The summed E-state index contributed by atoms with van der Waals surface area (Å²) in [5.74, 6) is 2.15. The fraction of sp³-hybridized carbons (Fsp3) is 0.682. The van der Waals surface area contributed by atoms with Gasteiger partial charge in [-0.25, -0.2) is 0 Å². The van der Waals surface area contributed by atoms with E-state index >= 15 is 0 Å². The number of aryl methyl sites for hydroxylation is 2. The molecule has 0 heterocycles. The van der Waals surface area contributed by atoms with Gasteiger partial charge in [0.1, 0.15) is 5.75 Å². The number of carbonyl (C=O) groups excluding carboxylic acids is 1. The van der Waals surface area contributed by atoms with Crippen LogP contribution in [0.5, 0.6) is 5.75 Å². The average molecular weight is 357 g/mol. The van der Waals surface area contributed by atoms with Crippen molar-refractivity contribution in [2.45, 2.75) is 77.0 Å². The number of nitrogens with one attached hydrogen (secondary N) is 1. The standard InChI is InChI=1S/C22H31NO3/c1-13-5-14(2)7-18(6-13)26-21(3,4)20(24)23-19-16-8-15-9-17(19)12-22(25,10-15)11-16/h5-7,15-17,19,25H,8-12H2,1-4H3,(H,23,24)/t15?,16-,17+,19+,22+. The van der Waals surface area contributed by atoms with Crippen molar-refractivity contribution >= 4 is 5.91 Å². The number of hydrogen-bond donors (Lipinski definition) is 2. The monoisotopic (exact) mass is 357 g/mol. The van der Waals surface area contributed by atoms with Crippen LogP contribution in [0.2, 0.25) is 0 Å². The maximum Gasteiger partial charge on any atom is 0.263 e. The number of aliphatic hydroxyl groups is 1. The van der Waals surface area contributed by atoms with Gasteiger partial charge in [0.15, 0.2) is 5.60 Å². The molecule has 5 atom stereocenters. The highest BCUT2D eigenvalue weighted by molar-refractivity contribution is 5.85. The van der Waals surface area contributed by atoms with Crippen LogP contribution in [0.3, 0.4) is 0 Å². The molecule has 1 aromatic rings. The Kier molecular flexibility index (Phi) is 4.11. The summed E-state index contributed by atoms with van der Waals surface area (Å²) in [5.41, 5.74) is 0.866. The van der Waals surface area contributed by atoms with E-state index in [2.05, 4.69) is 11.4 Å². The fourth-order valence-electron chi connectivity index (χ4n) is 5.88. The number of hydrogen-bond acceptors (Lipinski definition) is 3. The van der Waals surface area contributed by atoms with E-state index in [1.807, 2.05) is 39.8 Å². The highest BCUT2D eigenvalue weighted by Gasteiger charge is 2.55. The Hall–Kier alpha value is -1.55. The zero-order chi connectivity index (χ0) is 18.7. The van der Waals surface area contributed by atoms with Crippen LogP contribution in [0.4, 0.5) is 0 Å². The topological polar surface area (TPSA) is 58.6 Å². The summed E-state index contributed by atoms with van der Waals surface area (Å²) in [6.45, 7) is 7.74. The van der Waals surface area contributed by atoms with Gasteiger partial charge in [0.05, 0.1) is 5.60 Å². The molecule has 4 aliphatic carbocycles. The summed E-state index contributed by atoms with van der Waals surface area (Å²) in [6.07, 6.45) is 4.92. The molecule has 4 saturated carbocycles. The molecule has 0 saturated heterocycles. The second kappa shape index (κ2) is 5.98. The molecule has 4 bridgehead atoms. The lowest BCUT2D eigenvalue weighted by molar-refractivity contribution is -0.152. The molecule has 1 aromatic carbocycles. The highest BCUT2D eigenvalue weighted by atomic mass is 16.5. The van der Waals surface area contributed by atoms with Crippen LogP contribution in [0.25, 0.3) is 0 Å². The Morgan fingerprint density at radius 1 is 1.12 bits per heavy atom. The molecule has 1 amide bonds. The molecule has 4 heteroatoms. The molecule has 0 spiro atoms. The van der Waals surface area contributed by atoms with Crippen molar-refractivity contribution in [3.8, 4) is 5.75 Å². The number of amides is 1. The Bertz CT molecular complexity index is 690. The quantitative estimate of drug-likeness (QED) is 0.867. The number of ether oxygens (including phenoxy) is 1. The van der Waals surface area contributed by atoms with Gasteiger partial charge in [0.2, 0.25) is 0 Å². The van der Waals surface area contributed by atoms with Gasteiger partial charge in [-0.1, -0.05) is 6.07 Å². The zero-order valence-corrected chi connectivity index (χ0v) is 16.3. The summed E-state index contributed by atoms with van der Waals surface area (Å²) in [5, 5.41) is 14.0. The van der Waals surface area contributed by atoms with E-state index in [-0.39, 0.29) is 11.9 Å². The molecule has 1 unspecified atom stereocenters. The third-order valence-corrected chi connectivity index (χ3v) is 6.65. The van der Waals surface area contributed by atoms with Crippen molar-refractivity contribution < 1.29 is 14.6 Å². The van der Waals surface area contributed by atoms with E-state index < -0.39 is 11.2 Å². The van der Waals surface area contributed by atoms with Gasteiger partial charge in [0.25, 0.3) is 5.91 Å². The molecule has 4 aliphatic rings. The molecule has 0 aliphatic heterocycles. The van der Waals surface area contributed by atoms with Crippen LogP contribution in [0.1, 0.15) is 57.1 Å². The first-order valence-electron chi connectivity index (χ1n) is 9.94. The molecular formula is C22H31NO3. The first-order valence-corrected chi connectivity index (χ1v) is 9.94. The maximum atomic E-state index is 13.0. The van der Waals surface area contributed by atoms with Gasteiger partial charge in [-0.3, -0.25) is 4.79 Å². The highest BCUT2D eigenvalue weighted by Crippen LogP contribution is 2.55. The van der Waals surface area contributed by atoms with Gasteiger partial charge < -0.3 is 15.2 Å². The van der Waals surface area contributed by atoms with E-state index in [0.717, 1.165) is 49.0 Å². The Morgan fingerprint density at radius 3 is 2.23 bits per heavy atom. The third-order valence-electron chi connectivity index (χ3n) is 6.65. The molecule has 4 fully saturated rings. The van der Waals surface area contributed by atoms with Crippen molar-refractivity contribution in [1.29, 1.82) is 0 Å². The van der Waals surface area contributed by atoms with Crippen LogP contribution in [0, 0.1) is 31.6 Å². The second-order valence-electron chi connectivity index (χ2n) is 9.63. The largest absolute Gasteiger partial charge is 0.478 e. The predicted octanol–water partition coefficient (Wildman–Crippen LogP) is 3.52. The lowest BCUT2D eigenvalue weighted by atomic mass is 9.52. The minimum Gasteiger partial charge on any atom is -0.478 e. The Balaban J connectivity index is 1.45. The first-order chi connectivity index (χ1) is 12.1. The van der Waals surface area contributed by atoms with Crippen molar-refractivity contribution in [1.82, 2.24) is 5.32 Å². The summed E-state index contributed by atoms with van der Waals surface area (Å²) in [4.78, 5) is 13.0. The van der Waals surface area contributed by atoms with E-state index in [1.54, 1.807) is 0 Å². The van der Waals surface area contributed by atoms with E-state index in [1.165, 1.54) is 0 Å². The average Bonchev–Trinajstić information content (AvgIpc) is 2.47. The molecule has 5 rings (SSSR count). The van der Waals surface area contributed by atoms with Crippen LogP contribution in [-0.2, 0) is 4.79 Å². The lowest BCUT2D eigenvalue weighted by Crippen LogP contribution is -2.63. The van der Waals surface area contributed by atoms with Crippen LogP contribution in [-0.4, -0.2) is 28.3 Å². The zero-order valence-electron chi connectivity index (χ0n) is 16.3. The maximum absolute atomic E-state index is 13.0. The lowest BCUT2D eigenvalue weighted by Gasteiger charge is -2.58. The van der Waals surface area contributed by atoms with Gasteiger partial charge in [-0.15, -0.1) is 0 Å². The Morgan fingerprint density at radius 2 is 1.69 bits per heavy atom. The van der Waals surface area contributed by atoms with Crippen LogP contribution in [0.15, 0.2) is 18.2 Å². The SMILES string of the molecule is Cc1cc(C)cc(OC(C)(C)C(=O)N[C@H]2[C@@H]3CC4C[C@H]2C[C@](O)(C4)C3)c1. The van der Waals surface area contributed by atoms with Crippen molar-refractivity contribution in [2.75, 3.05) is 0 Å². The van der Waals surface area contributed by atoms with Gasteiger partial charge in [0, 0.05) is 6.04 Å². The molecule has 4 nitrogen and oxygen atoms in total. The first kappa shape index (κ1) is 17.8. The fourth-order valence-corrected chi connectivity index (χ4v) is 5.88. The number of carbonyl (C=O) groups is 1. The van der Waals surface area contributed by atoms with E-state index in [9.17, 15) is 9.90 Å².